The summed E-state index contributed by atoms with van der Waals surface area (Å²) in [5.41, 5.74) is -10.4. The van der Waals surface area contributed by atoms with Gasteiger partial charge in [0.15, 0.2) is 46.5 Å². The lowest BCUT2D eigenvalue weighted by Gasteiger charge is -2.11. The van der Waals surface area contributed by atoms with Gasteiger partial charge in [-0.15, -0.1) is 0 Å². The largest absolute Gasteiger partial charge is 0.629 e. The fourth-order valence-corrected chi connectivity index (χ4v) is 3.58. The van der Waals surface area contributed by atoms with E-state index in [9.17, 15) is 50.9 Å². The molecule has 0 aliphatic heterocycles. The number of benzene rings is 2. The van der Waals surface area contributed by atoms with Crippen LogP contribution >= 0.6 is 0 Å². The molecule has 0 radical (unpaired) electrons. The summed E-state index contributed by atoms with van der Waals surface area (Å²) in [4.78, 5) is 0. The molecule has 6 nitrogen and oxygen atoms in total. The van der Waals surface area contributed by atoms with Crippen molar-refractivity contribution >= 4 is 5.57 Å². The van der Waals surface area contributed by atoms with Crippen molar-refractivity contribution in [2.75, 3.05) is 7.05 Å². The zero-order chi connectivity index (χ0) is 27.2. The van der Waals surface area contributed by atoms with Crippen LogP contribution in [-0.2, 0) is 0 Å². The molecule has 3 rings (SSSR count). The maximum Gasteiger partial charge on any atom is 0.180 e. The van der Waals surface area contributed by atoms with Crippen molar-refractivity contribution in [1.29, 1.82) is 21.0 Å². The van der Waals surface area contributed by atoms with Crippen molar-refractivity contribution in [2.24, 2.45) is 0 Å². The zero-order valence-corrected chi connectivity index (χ0v) is 17.3. The number of nitriles is 4. The van der Waals surface area contributed by atoms with Crippen LogP contribution in [0.3, 0.4) is 0 Å². The Morgan fingerprint density at radius 1 is 0.722 bits per heavy atom. The Morgan fingerprint density at radius 2 is 1.14 bits per heavy atom. The van der Waals surface area contributed by atoms with Gasteiger partial charge in [-0.3, -0.25) is 0 Å². The summed E-state index contributed by atoms with van der Waals surface area (Å²) in [6.07, 6.45) is 0. The number of nitrogens with one attached hydrogen (secondary N) is 1. The molecule has 0 bridgehead atoms. The van der Waals surface area contributed by atoms with Crippen LogP contribution in [0, 0.1) is 97.1 Å². The molecule has 1 N–H and O–H groups in total. The van der Waals surface area contributed by atoms with Gasteiger partial charge in [0.25, 0.3) is 0 Å². The predicted octanol–water partition coefficient (Wildman–Crippen LogP) is 3.41. The van der Waals surface area contributed by atoms with Gasteiger partial charge in [0, 0.05) is 0 Å². The third-order valence-electron chi connectivity index (χ3n) is 5.18. The third-order valence-corrected chi connectivity index (χ3v) is 5.18. The molecule has 0 saturated heterocycles. The topological polar surface area (TPSA) is 123 Å². The van der Waals surface area contributed by atoms with Crippen LogP contribution < -0.4 is 5.06 Å². The van der Waals surface area contributed by atoms with Gasteiger partial charge in [-0.1, -0.05) is 0 Å². The molecule has 2 atom stereocenters. The van der Waals surface area contributed by atoms with E-state index in [1.807, 2.05) is 0 Å². The molecule has 0 fully saturated rings. The fraction of sp³-hybridized carbons (Fsp3) is 0.0909. The summed E-state index contributed by atoms with van der Waals surface area (Å²) in [7, 11) is 0.783. The van der Waals surface area contributed by atoms with Crippen LogP contribution in [0.15, 0.2) is 16.8 Å². The second kappa shape index (κ2) is 9.12. The van der Waals surface area contributed by atoms with Gasteiger partial charge in [-0.05, 0) is 0 Å². The smallest absolute Gasteiger partial charge is 0.180 e. The minimum atomic E-state index is -2.40. The number of hydroxylamine groups is 2. The third kappa shape index (κ3) is 3.53. The molecule has 0 heterocycles. The molecule has 36 heavy (non-hydrogen) atoms. The van der Waals surface area contributed by atoms with Crippen LogP contribution in [-0.4, -0.2) is 7.05 Å². The zero-order valence-electron chi connectivity index (χ0n) is 17.3. The Kier molecular flexibility index (Phi) is 6.55. The van der Waals surface area contributed by atoms with E-state index in [-0.39, 0.29) is 0 Å². The highest BCUT2D eigenvalue weighted by Crippen LogP contribution is 2.50. The number of allylic oxidation sites excluding steroid dienone is 3. The Bertz CT molecular complexity index is 1540. The molecule has 0 amide bonds. The molecule has 0 aromatic heterocycles. The lowest BCUT2D eigenvalue weighted by Crippen LogP contribution is -3.00. The molecule has 2 aromatic rings. The monoisotopic (exact) mass is 507 g/mol. The van der Waals surface area contributed by atoms with Crippen LogP contribution in [0.4, 0.5) is 35.1 Å². The maximum atomic E-state index is 14.6. The highest BCUT2D eigenvalue weighted by molar-refractivity contribution is 5.92. The van der Waals surface area contributed by atoms with Gasteiger partial charge in [0.05, 0.1) is 41.0 Å². The van der Waals surface area contributed by atoms with E-state index in [0.29, 0.717) is 0 Å². The molecular weight excluding hydrogens is 502 g/mol. The molecule has 2 aromatic carbocycles. The molecular formula is C22H5F8N5O. The van der Waals surface area contributed by atoms with Crippen molar-refractivity contribution < 1.29 is 40.2 Å². The SMILES string of the molecule is C[NH+]([O-])C1=C(C(C#N)c2c(F)c(F)c(C#N)c(F)c2F)C/1=C(/C#N)c1c(F)c(F)c(C#N)c(F)c1F. The van der Waals surface area contributed by atoms with Crippen molar-refractivity contribution in [1.82, 2.24) is 0 Å². The fourth-order valence-electron chi connectivity index (χ4n) is 3.58. The number of likely N-dealkylation sites (N-methyl/N-ethyl adjacent to an activating group) is 1. The van der Waals surface area contributed by atoms with E-state index in [4.69, 9.17) is 10.5 Å². The van der Waals surface area contributed by atoms with E-state index < -0.39 is 102 Å². The normalized spacial score (nSPS) is 15.4. The molecule has 2 unspecified atom stereocenters. The summed E-state index contributed by atoms with van der Waals surface area (Å²) in [5.74, 6) is -20.0. The lowest BCUT2D eigenvalue weighted by atomic mass is 9.92. The van der Waals surface area contributed by atoms with E-state index in [1.54, 1.807) is 0 Å². The molecule has 0 saturated carbocycles. The van der Waals surface area contributed by atoms with Crippen molar-refractivity contribution in [2.45, 2.75) is 5.92 Å². The first-order chi connectivity index (χ1) is 16.9. The average molecular weight is 507 g/mol. The Balaban J connectivity index is 2.38. The summed E-state index contributed by atoms with van der Waals surface area (Å²) >= 11 is 0. The first kappa shape index (κ1) is 25.9. The van der Waals surface area contributed by atoms with Crippen LogP contribution in [0.2, 0.25) is 0 Å². The number of quaternary nitrogens is 1. The van der Waals surface area contributed by atoms with Crippen LogP contribution in [0.1, 0.15) is 28.2 Å². The summed E-state index contributed by atoms with van der Waals surface area (Å²) < 4.78 is 115. The Morgan fingerprint density at radius 3 is 1.47 bits per heavy atom. The summed E-state index contributed by atoms with van der Waals surface area (Å²) in [6.45, 7) is 0. The van der Waals surface area contributed by atoms with Gasteiger partial charge in [-0.2, -0.15) is 21.0 Å². The molecule has 1 aliphatic carbocycles. The Hall–Kier alpha value is -4.76. The van der Waals surface area contributed by atoms with E-state index >= 15 is 0 Å². The number of halogens is 8. The van der Waals surface area contributed by atoms with Gasteiger partial charge in [-0.25, -0.2) is 35.1 Å². The quantitative estimate of drug-likeness (QED) is 0.294. The van der Waals surface area contributed by atoms with E-state index in [2.05, 4.69) is 0 Å². The molecule has 1 aliphatic rings. The number of hydrogen-bond donors (Lipinski definition) is 1. The van der Waals surface area contributed by atoms with Crippen molar-refractivity contribution in [3.05, 3.63) is 90.8 Å². The molecule has 14 heteroatoms. The number of hydrogen-bond acceptors (Lipinski definition) is 5. The lowest BCUT2D eigenvalue weighted by molar-refractivity contribution is -0.775. The van der Waals surface area contributed by atoms with Gasteiger partial charge >= 0.3 is 0 Å². The highest BCUT2D eigenvalue weighted by Gasteiger charge is 2.48. The molecule has 180 valence electrons. The maximum absolute atomic E-state index is 14.6. The van der Waals surface area contributed by atoms with E-state index in [0.717, 1.165) is 19.2 Å². The number of nitrogens with zero attached hydrogens (tertiary/aromatic N) is 4. The first-order valence-corrected chi connectivity index (χ1v) is 9.23. The number of rotatable bonds is 4. The summed E-state index contributed by atoms with van der Waals surface area (Å²) in [6, 6.07) is 4.17. The van der Waals surface area contributed by atoms with E-state index in [1.165, 1.54) is 12.1 Å². The second-order valence-corrected chi connectivity index (χ2v) is 7.04. The van der Waals surface area contributed by atoms with Crippen LogP contribution in [0.5, 0.6) is 0 Å². The van der Waals surface area contributed by atoms with Crippen molar-refractivity contribution in [3.63, 3.8) is 0 Å². The first-order valence-electron chi connectivity index (χ1n) is 9.23. The van der Waals surface area contributed by atoms with Crippen LogP contribution in [0.25, 0.3) is 5.57 Å². The molecule has 0 spiro atoms. The predicted molar refractivity (Wildman–Crippen MR) is 100 cm³/mol. The van der Waals surface area contributed by atoms with Gasteiger partial charge in [0.1, 0.15) is 40.9 Å². The second-order valence-electron chi connectivity index (χ2n) is 7.04. The minimum absolute atomic E-state index is 0.731. The van der Waals surface area contributed by atoms with Crippen molar-refractivity contribution in [3.8, 4) is 24.3 Å². The highest BCUT2D eigenvalue weighted by atomic mass is 19.2. The Labute approximate surface area is 195 Å². The average Bonchev–Trinajstić information content (AvgIpc) is 3.57. The van der Waals surface area contributed by atoms with Gasteiger partial charge in [0.2, 0.25) is 0 Å². The minimum Gasteiger partial charge on any atom is -0.629 e. The van der Waals surface area contributed by atoms with Gasteiger partial charge < -0.3 is 10.3 Å². The summed E-state index contributed by atoms with van der Waals surface area (Å²) in [5, 5.41) is 47.4. The standard InChI is InChI=1S/C22H5F8N5O/c1-35(36)22-10(6(2-31)12-18(27)14(23)8(4-33)15(24)19(12)28)11(22)7(3-32)13-20(29)16(25)9(5-34)17(26)21(13)30/h6,35H,1H3/b11-7+.